The van der Waals surface area contributed by atoms with Crippen LogP contribution < -0.4 is 5.32 Å². The minimum Gasteiger partial charge on any atom is -0.338 e. The zero-order valence-electron chi connectivity index (χ0n) is 14.3. The Labute approximate surface area is 147 Å². The number of hydrogen-bond donors (Lipinski definition) is 2. The number of nitrogens with one attached hydrogen (secondary N) is 2. The maximum atomic E-state index is 4.74. The van der Waals surface area contributed by atoms with Gasteiger partial charge in [0.1, 0.15) is 11.3 Å². The van der Waals surface area contributed by atoms with Crippen LogP contribution in [-0.2, 0) is 0 Å². The lowest BCUT2D eigenvalue weighted by Crippen LogP contribution is -1.95. The van der Waals surface area contributed by atoms with Crippen molar-refractivity contribution in [3.63, 3.8) is 0 Å². The molecule has 0 unspecified atom stereocenters. The number of rotatable bonds is 4. The molecule has 0 aliphatic rings. The maximum absolute atomic E-state index is 4.74. The number of nitrogens with zero attached hydrogens (tertiary/aromatic N) is 2. The first-order valence-electron chi connectivity index (χ1n) is 8.48. The molecule has 4 aromatic rings. The Kier molecular flexibility index (Phi) is 3.94. The number of anilines is 2. The van der Waals surface area contributed by atoms with Gasteiger partial charge in [-0.05, 0) is 29.7 Å². The second-order valence-electron chi connectivity index (χ2n) is 6.41. The molecule has 2 N–H and O–H groups in total. The Bertz CT molecular complexity index is 986. The molecular formula is C21H20N4. The van der Waals surface area contributed by atoms with E-state index in [1.807, 2.05) is 36.4 Å². The molecule has 2 aromatic heterocycles. The summed E-state index contributed by atoms with van der Waals surface area (Å²) >= 11 is 0. The van der Waals surface area contributed by atoms with Gasteiger partial charge in [-0.3, -0.25) is 0 Å². The molecule has 0 aliphatic carbocycles. The average Bonchev–Trinajstić information content (AvgIpc) is 3.08. The third-order valence-corrected chi connectivity index (χ3v) is 4.29. The van der Waals surface area contributed by atoms with Crippen LogP contribution in [-0.4, -0.2) is 15.0 Å². The number of aromatic amines is 1. The smallest absolute Gasteiger partial charge is 0.158 e. The minimum absolute atomic E-state index is 0.523. The van der Waals surface area contributed by atoms with Gasteiger partial charge in [0.05, 0.1) is 5.52 Å². The van der Waals surface area contributed by atoms with E-state index in [0.29, 0.717) is 5.92 Å². The molecule has 4 heteroatoms. The molecule has 0 fully saturated rings. The average molecular weight is 328 g/mol. The van der Waals surface area contributed by atoms with Gasteiger partial charge in [0.2, 0.25) is 0 Å². The fourth-order valence-corrected chi connectivity index (χ4v) is 2.85. The SMILES string of the molecule is CC(C)c1ccc(Nc2nccc3[nH]c(-c4ccccc4)nc23)cc1. The first-order chi connectivity index (χ1) is 12.2. The van der Waals surface area contributed by atoms with Gasteiger partial charge in [-0.1, -0.05) is 56.3 Å². The second kappa shape index (κ2) is 6.40. The van der Waals surface area contributed by atoms with Crippen molar-refractivity contribution in [2.45, 2.75) is 19.8 Å². The largest absolute Gasteiger partial charge is 0.338 e. The first-order valence-corrected chi connectivity index (χ1v) is 8.48. The Morgan fingerprint density at radius 1 is 0.920 bits per heavy atom. The molecule has 0 spiro atoms. The Balaban J connectivity index is 1.69. The highest BCUT2D eigenvalue weighted by Gasteiger charge is 2.10. The second-order valence-corrected chi connectivity index (χ2v) is 6.41. The molecule has 4 rings (SSSR count). The van der Waals surface area contributed by atoms with Gasteiger partial charge in [-0.15, -0.1) is 0 Å². The predicted octanol–water partition coefficient (Wildman–Crippen LogP) is 5.49. The van der Waals surface area contributed by atoms with E-state index in [1.165, 1.54) is 5.56 Å². The van der Waals surface area contributed by atoms with Crippen LogP contribution >= 0.6 is 0 Å². The molecule has 124 valence electrons. The number of pyridine rings is 1. The van der Waals surface area contributed by atoms with Gasteiger partial charge in [0.15, 0.2) is 5.82 Å². The Morgan fingerprint density at radius 2 is 1.68 bits per heavy atom. The molecule has 0 saturated carbocycles. The predicted molar refractivity (Wildman–Crippen MR) is 103 cm³/mol. The molecule has 0 amide bonds. The van der Waals surface area contributed by atoms with Crippen molar-refractivity contribution in [2.75, 3.05) is 5.32 Å². The van der Waals surface area contributed by atoms with Crippen molar-refractivity contribution in [2.24, 2.45) is 0 Å². The normalized spacial score (nSPS) is 11.2. The van der Waals surface area contributed by atoms with Crippen molar-refractivity contribution in [1.82, 2.24) is 15.0 Å². The summed E-state index contributed by atoms with van der Waals surface area (Å²) in [5.74, 6) is 2.13. The van der Waals surface area contributed by atoms with Gasteiger partial charge in [0.25, 0.3) is 0 Å². The van der Waals surface area contributed by atoms with E-state index in [1.54, 1.807) is 6.20 Å². The number of aromatic nitrogens is 3. The molecule has 0 atom stereocenters. The molecule has 0 bridgehead atoms. The lowest BCUT2D eigenvalue weighted by atomic mass is 10.0. The molecule has 4 nitrogen and oxygen atoms in total. The summed E-state index contributed by atoms with van der Waals surface area (Å²) in [4.78, 5) is 12.6. The molecule has 2 heterocycles. The van der Waals surface area contributed by atoms with Crippen LogP contribution in [0.5, 0.6) is 0 Å². The number of hydrogen-bond acceptors (Lipinski definition) is 3. The van der Waals surface area contributed by atoms with Crippen molar-refractivity contribution in [1.29, 1.82) is 0 Å². The number of imidazole rings is 1. The number of H-pyrrole nitrogens is 1. The monoisotopic (exact) mass is 328 g/mol. The lowest BCUT2D eigenvalue weighted by molar-refractivity contribution is 0.867. The molecule has 25 heavy (non-hydrogen) atoms. The number of fused-ring (bicyclic) bond motifs is 1. The van der Waals surface area contributed by atoms with Crippen LogP contribution in [0.4, 0.5) is 11.5 Å². The summed E-state index contributed by atoms with van der Waals surface area (Å²) in [5, 5.41) is 3.38. The highest BCUT2D eigenvalue weighted by atomic mass is 15.0. The molecule has 0 aliphatic heterocycles. The summed E-state index contributed by atoms with van der Waals surface area (Å²) in [6, 6.07) is 20.5. The molecular weight excluding hydrogens is 308 g/mol. The van der Waals surface area contributed by atoms with E-state index in [0.717, 1.165) is 33.9 Å². The van der Waals surface area contributed by atoms with Crippen molar-refractivity contribution >= 4 is 22.5 Å². The van der Waals surface area contributed by atoms with Gasteiger partial charge in [-0.2, -0.15) is 0 Å². The van der Waals surface area contributed by atoms with E-state index in [4.69, 9.17) is 4.98 Å². The topological polar surface area (TPSA) is 53.6 Å². The summed E-state index contributed by atoms with van der Waals surface area (Å²) < 4.78 is 0. The van der Waals surface area contributed by atoms with Crippen LogP contribution in [0.1, 0.15) is 25.3 Å². The zero-order valence-corrected chi connectivity index (χ0v) is 14.3. The molecule has 0 saturated heterocycles. The van der Waals surface area contributed by atoms with Gasteiger partial charge in [0, 0.05) is 17.4 Å². The van der Waals surface area contributed by atoms with Crippen molar-refractivity contribution in [3.8, 4) is 11.4 Å². The Hall–Kier alpha value is -3.14. The third kappa shape index (κ3) is 3.11. The van der Waals surface area contributed by atoms with Crippen LogP contribution in [0.15, 0.2) is 66.9 Å². The van der Waals surface area contributed by atoms with E-state index >= 15 is 0 Å². The molecule has 0 radical (unpaired) electrons. The van der Waals surface area contributed by atoms with Crippen LogP contribution in [0.3, 0.4) is 0 Å². The van der Waals surface area contributed by atoms with E-state index in [9.17, 15) is 0 Å². The fraction of sp³-hybridized carbons (Fsp3) is 0.143. The maximum Gasteiger partial charge on any atom is 0.158 e. The summed E-state index contributed by atoms with van der Waals surface area (Å²) in [6.07, 6.45) is 1.79. The van der Waals surface area contributed by atoms with E-state index in [-0.39, 0.29) is 0 Å². The quantitative estimate of drug-likeness (QED) is 0.520. The summed E-state index contributed by atoms with van der Waals surface area (Å²) in [6.45, 7) is 4.39. The Morgan fingerprint density at radius 3 is 2.40 bits per heavy atom. The number of benzene rings is 2. The van der Waals surface area contributed by atoms with Crippen LogP contribution in [0, 0.1) is 0 Å². The third-order valence-electron chi connectivity index (χ3n) is 4.29. The summed E-state index contributed by atoms with van der Waals surface area (Å²) in [5.41, 5.74) is 5.20. The van der Waals surface area contributed by atoms with Crippen molar-refractivity contribution < 1.29 is 0 Å². The van der Waals surface area contributed by atoms with E-state index in [2.05, 4.69) is 53.4 Å². The minimum atomic E-state index is 0.523. The van der Waals surface area contributed by atoms with Gasteiger partial charge in [-0.25, -0.2) is 9.97 Å². The zero-order chi connectivity index (χ0) is 17.2. The van der Waals surface area contributed by atoms with Gasteiger partial charge >= 0.3 is 0 Å². The standard InChI is InChI=1S/C21H20N4/c1-14(2)15-8-10-17(11-9-15)23-21-19-18(12-13-22-21)24-20(25-19)16-6-4-3-5-7-16/h3-14H,1-2H3,(H,22,23)(H,24,25). The van der Waals surface area contributed by atoms with Crippen molar-refractivity contribution in [3.05, 3.63) is 72.4 Å². The lowest BCUT2D eigenvalue weighted by Gasteiger charge is -2.09. The highest BCUT2D eigenvalue weighted by molar-refractivity contribution is 5.89. The van der Waals surface area contributed by atoms with E-state index < -0.39 is 0 Å². The van der Waals surface area contributed by atoms with Crippen LogP contribution in [0.25, 0.3) is 22.4 Å². The molecule has 2 aromatic carbocycles. The van der Waals surface area contributed by atoms with Crippen LogP contribution in [0.2, 0.25) is 0 Å². The fourth-order valence-electron chi connectivity index (χ4n) is 2.85. The first kappa shape index (κ1) is 15.4. The van der Waals surface area contributed by atoms with Gasteiger partial charge < -0.3 is 10.3 Å². The highest BCUT2D eigenvalue weighted by Crippen LogP contribution is 2.26. The summed E-state index contributed by atoms with van der Waals surface area (Å²) in [7, 11) is 0.